The lowest BCUT2D eigenvalue weighted by Crippen LogP contribution is -2.60. The number of nitrogens with zero attached hydrogens (tertiary/aromatic N) is 2. The molecule has 152 valence electrons. The summed E-state index contributed by atoms with van der Waals surface area (Å²) in [6, 6.07) is 4.69. The molecule has 0 spiro atoms. The van der Waals surface area contributed by atoms with Crippen molar-refractivity contribution in [1.29, 1.82) is 0 Å². The molecule has 2 amide bonds. The molecule has 1 aromatic rings. The Kier molecular flexibility index (Phi) is 5.41. The molecule has 3 aliphatic rings. The number of piperazine rings is 1. The number of amides is 2. The molecule has 3 fully saturated rings. The molecule has 3 atom stereocenters. The van der Waals surface area contributed by atoms with Gasteiger partial charge in [-0.25, -0.2) is 4.39 Å². The second-order valence-electron chi connectivity index (χ2n) is 8.60. The Morgan fingerprint density at radius 2 is 2.00 bits per heavy atom. The monoisotopic (exact) mass is 388 g/mol. The van der Waals surface area contributed by atoms with Gasteiger partial charge in [0.1, 0.15) is 5.82 Å². The van der Waals surface area contributed by atoms with Crippen LogP contribution >= 0.6 is 0 Å². The summed E-state index contributed by atoms with van der Waals surface area (Å²) in [5.41, 5.74) is 0.806. The Labute approximate surface area is 165 Å². The smallest absolute Gasteiger partial charge is 0.254 e. The summed E-state index contributed by atoms with van der Waals surface area (Å²) in [5, 5.41) is 0. The third-order valence-electron chi connectivity index (χ3n) is 6.71. The zero-order chi connectivity index (χ0) is 19.8. The van der Waals surface area contributed by atoms with Gasteiger partial charge in [-0.05, 0) is 43.2 Å². The molecular weight excluding hydrogens is 359 g/mol. The molecule has 2 saturated carbocycles. The Morgan fingerprint density at radius 3 is 2.57 bits per heavy atom. The van der Waals surface area contributed by atoms with Gasteiger partial charge in [-0.1, -0.05) is 19.4 Å². The fourth-order valence-electron chi connectivity index (χ4n) is 4.51. The van der Waals surface area contributed by atoms with E-state index in [0.29, 0.717) is 42.6 Å². The predicted octanol–water partition coefficient (Wildman–Crippen LogP) is 3.08. The lowest BCUT2D eigenvalue weighted by molar-refractivity contribution is -0.140. The largest absolute Gasteiger partial charge is 0.380 e. The van der Waals surface area contributed by atoms with Gasteiger partial charge in [0.15, 0.2) is 0 Å². The van der Waals surface area contributed by atoms with Gasteiger partial charge in [0.2, 0.25) is 5.91 Å². The van der Waals surface area contributed by atoms with E-state index in [1.165, 1.54) is 19.6 Å². The fraction of sp³-hybridized carbons (Fsp3) is 0.636. The van der Waals surface area contributed by atoms with Gasteiger partial charge < -0.3 is 14.5 Å². The first-order valence-corrected chi connectivity index (χ1v) is 10.4. The molecule has 4 rings (SSSR count). The lowest BCUT2D eigenvalue weighted by Gasteiger charge is -2.47. The van der Waals surface area contributed by atoms with Crippen LogP contribution in [-0.2, 0) is 16.1 Å². The van der Waals surface area contributed by atoms with Crippen molar-refractivity contribution in [2.24, 2.45) is 17.8 Å². The quantitative estimate of drug-likeness (QED) is 0.779. The van der Waals surface area contributed by atoms with E-state index in [2.05, 4.69) is 6.92 Å². The molecule has 1 aromatic carbocycles. The maximum atomic E-state index is 14.2. The van der Waals surface area contributed by atoms with Crippen LogP contribution < -0.4 is 0 Å². The second-order valence-corrected chi connectivity index (χ2v) is 8.60. The highest BCUT2D eigenvalue weighted by molar-refractivity contribution is 5.94. The summed E-state index contributed by atoms with van der Waals surface area (Å²) < 4.78 is 19.2. The van der Waals surface area contributed by atoms with E-state index < -0.39 is 5.82 Å². The van der Waals surface area contributed by atoms with E-state index in [1.807, 2.05) is 4.90 Å². The zero-order valence-corrected chi connectivity index (χ0v) is 16.7. The van der Waals surface area contributed by atoms with Crippen molar-refractivity contribution in [3.05, 3.63) is 35.1 Å². The molecule has 1 heterocycles. The summed E-state index contributed by atoms with van der Waals surface area (Å²) in [6.07, 6.45) is 4.43. The number of methoxy groups -OCH3 is 1. The van der Waals surface area contributed by atoms with Crippen LogP contribution in [0, 0.1) is 23.6 Å². The van der Waals surface area contributed by atoms with Crippen molar-refractivity contribution in [2.45, 2.75) is 45.3 Å². The topological polar surface area (TPSA) is 49.9 Å². The van der Waals surface area contributed by atoms with E-state index in [0.717, 1.165) is 19.3 Å². The van der Waals surface area contributed by atoms with Crippen molar-refractivity contribution in [3.8, 4) is 0 Å². The second kappa shape index (κ2) is 7.82. The molecule has 0 radical (unpaired) electrons. The number of benzene rings is 1. The zero-order valence-electron chi connectivity index (χ0n) is 16.7. The third kappa shape index (κ3) is 3.66. The van der Waals surface area contributed by atoms with E-state index in [-0.39, 0.29) is 30.4 Å². The number of hydrogen-bond donors (Lipinski definition) is 0. The summed E-state index contributed by atoms with van der Waals surface area (Å²) in [4.78, 5) is 29.7. The molecular formula is C22H29FN2O3. The molecule has 28 heavy (non-hydrogen) atoms. The van der Waals surface area contributed by atoms with Crippen molar-refractivity contribution >= 4 is 11.8 Å². The number of ether oxygens (including phenoxy) is 1. The number of carbonyl (C=O) groups is 2. The Balaban J connectivity index is 1.48. The lowest BCUT2D eigenvalue weighted by atomic mass is 9.78. The highest BCUT2D eigenvalue weighted by Crippen LogP contribution is 2.42. The fourth-order valence-corrected chi connectivity index (χ4v) is 4.51. The summed E-state index contributed by atoms with van der Waals surface area (Å²) in [6.45, 7) is 3.96. The third-order valence-corrected chi connectivity index (χ3v) is 6.71. The Morgan fingerprint density at radius 1 is 1.25 bits per heavy atom. The van der Waals surface area contributed by atoms with Crippen molar-refractivity contribution in [2.75, 3.05) is 26.7 Å². The average molecular weight is 388 g/mol. The summed E-state index contributed by atoms with van der Waals surface area (Å²) in [7, 11) is 1.52. The molecule has 6 heteroatoms. The van der Waals surface area contributed by atoms with Gasteiger partial charge in [-0.15, -0.1) is 0 Å². The van der Waals surface area contributed by atoms with Gasteiger partial charge in [0, 0.05) is 43.8 Å². The number of halogens is 1. The van der Waals surface area contributed by atoms with Crippen LogP contribution in [0.1, 0.15) is 48.5 Å². The van der Waals surface area contributed by atoms with Crippen molar-refractivity contribution < 1.29 is 18.7 Å². The van der Waals surface area contributed by atoms with Crippen LogP contribution in [0.5, 0.6) is 0 Å². The molecule has 2 aliphatic carbocycles. The van der Waals surface area contributed by atoms with E-state index in [4.69, 9.17) is 4.74 Å². The normalized spacial score (nSPS) is 27.5. The minimum atomic E-state index is -0.417. The van der Waals surface area contributed by atoms with E-state index >= 15 is 0 Å². The molecule has 1 unspecified atom stereocenters. The van der Waals surface area contributed by atoms with Crippen LogP contribution in [0.4, 0.5) is 4.39 Å². The van der Waals surface area contributed by atoms with Gasteiger partial charge in [0.25, 0.3) is 5.91 Å². The minimum Gasteiger partial charge on any atom is -0.380 e. The highest BCUT2D eigenvalue weighted by atomic mass is 19.1. The highest BCUT2D eigenvalue weighted by Gasteiger charge is 2.46. The number of rotatable bonds is 5. The van der Waals surface area contributed by atoms with Gasteiger partial charge in [-0.3, -0.25) is 9.59 Å². The van der Waals surface area contributed by atoms with Crippen molar-refractivity contribution in [3.63, 3.8) is 0 Å². The standard InChI is InChI=1S/C22H29FN2O3/c1-14-10-18(14)22(27)25-9-8-24(12-20(25)15-4-3-5-15)21(26)16-6-7-17(13-28-2)19(23)11-16/h6-7,11,14-15,18,20H,3-5,8-10,12-13H2,1-2H3/t14-,18-,20?/m1/s1. The summed E-state index contributed by atoms with van der Waals surface area (Å²) in [5.74, 6) is 0.842. The maximum Gasteiger partial charge on any atom is 0.254 e. The SMILES string of the molecule is COCc1ccc(C(=O)N2CCN(C(=O)[C@@H]3C[C@H]3C)C(C3CCC3)C2)cc1F. The number of hydrogen-bond acceptors (Lipinski definition) is 3. The molecule has 1 saturated heterocycles. The molecule has 1 aliphatic heterocycles. The minimum absolute atomic E-state index is 0.101. The molecule has 0 aromatic heterocycles. The van der Waals surface area contributed by atoms with Crippen LogP contribution in [0.15, 0.2) is 18.2 Å². The first kappa shape index (κ1) is 19.4. The maximum absolute atomic E-state index is 14.2. The van der Waals surface area contributed by atoms with Gasteiger partial charge >= 0.3 is 0 Å². The summed E-state index contributed by atoms with van der Waals surface area (Å²) >= 11 is 0. The van der Waals surface area contributed by atoms with Crippen LogP contribution in [0.2, 0.25) is 0 Å². The van der Waals surface area contributed by atoms with Crippen LogP contribution in [-0.4, -0.2) is 54.4 Å². The molecule has 5 nitrogen and oxygen atoms in total. The predicted molar refractivity (Wildman–Crippen MR) is 103 cm³/mol. The molecule has 0 N–H and O–H groups in total. The van der Waals surface area contributed by atoms with Crippen LogP contribution in [0.25, 0.3) is 0 Å². The van der Waals surface area contributed by atoms with Crippen molar-refractivity contribution in [1.82, 2.24) is 9.80 Å². The Bertz CT molecular complexity index is 764. The first-order valence-electron chi connectivity index (χ1n) is 10.4. The van der Waals surface area contributed by atoms with Gasteiger partial charge in [-0.2, -0.15) is 0 Å². The Hall–Kier alpha value is -1.95. The van der Waals surface area contributed by atoms with Crippen LogP contribution in [0.3, 0.4) is 0 Å². The van der Waals surface area contributed by atoms with E-state index in [9.17, 15) is 14.0 Å². The molecule has 0 bridgehead atoms. The first-order chi connectivity index (χ1) is 13.5. The number of carbonyl (C=O) groups excluding carboxylic acids is 2. The average Bonchev–Trinajstić information content (AvgIpc) is 3.37. The van der Waals surface area contributed by atoms with Gasteiger partial charge in [0.05, 0.1) is 12.6 Å². The van der Waals surface area contributed by atoms with E-state index in [1.54, 1.807) is 17.0 Å².